The fraction of sp³-hybridized carbons (Fsp3) is 0.765. The quantitative estimate of drug-likeness (QED) is 0.823. The maximum atomic E-state index is 12.5. The van der Waals surface area contributed by atoms with Crippen molar-refractivity contribution in [2.45, 2.75) is 25.8 Å². The van der Waals surface area contributed by atoms with Gasteiger partial charge in [-0.1, -0.05) is 0 Å². The van der Waals surface area contributed by atoms with Crippen LogP contribution >= 0.6 is 0 Å². The largest absolute Gasteiger partial charge is 0.379 e. The highest BCUT2D eigenvalue weighted by atomic mass is 16.5. The van der Waals surface area contributed by atoms with Gasteiger partial charge in [-0.05, 0) is 37.8 Å². The van der Waals surface area contributed by atoms with Crippen molar-refractivity contribution in [2.24, 2.45) is 11.3 Å². The van der Waals surface area contributed by atoms with Crippen LogP contribution in [0.1, 0.15) is 19.3 Å². The molecule has 3 aliphatic rings. The Balaban J connectivity index is 1.25. The minimum atomic E-state index is 0.171. The van der Waals surface area contributed by atoms with Crippen LogP contribution in [0.3, 0.4) is 0 Å². The summed E-state index contributed by atoms with van der Waals surface area (Å²) in [6, 6.07) is 0. The number of aromatic nitrogens is 2. The molecule has 1 saturated carbocycles. The van der Waals surface area contributed by atoms with E-state index >= 15 is 0 Å². The highest BCUT2D eigenvalue weighted by Gasteiger charge is 2.57. The molecule has 24 heavy (non-hydrogen) atoms. The summed E-state index contributed by atoms with van der Waals surface area (Å²) in [5.41, 5.74) is 1.10. The summed E-state index contributed by atoms with van der Waals surface area (Å²) in [4.78, 5) is 14.9. The van der Waals surface area contributed by atoms with E-state index < -0.39 is 0 Å². The Hall–Kier alpha value is -1.44. The molecule has 1 unspecified atom stereocenters. The van der Waals surface area contributed by atoms with Crippen LogP contribution in [0, 0.1) is 11.3 Å². The first-order chi connectivity index (χ1) is 11.8. The van der Waals surface area contributed by atoms with Crippen molar-refractivity contribution in [3.8, 4) is 0 Å². The van der Waals surface area contributed by atoms with Gasteiger partial charge in [0, 0.05) is 31.7 Å². The van der Waals surface area contributed by atoms with Gasteiger partial charge < -0.3 is 15.4 Å². The highest BCUT2D eigenvalue weighted by Crippen LogP contribution is 2.58. The van der Waals surface area contributed by atoms with Crippen LogP contribution in [0.2, 0.25) is 0 Å². The fourth-order valence-corrected chi connectivity index (χ4v) is 4.04. The molecule has 0 bridgehead atoms. The van der Waals surface area contributed by atoms with Crippen LogP contribution in [-0.2, 0) is 16.1 Å². The molecule has 1 atom stereocenters. The summed E-state index contributed by atoms with van der Waals surface area (Å²) in [6.07, 6.45) is 7.00. The molecule has 7 heteroatoms. The molecule has 3 heterocycles. The SMILES string of the molecule is O=C(Nc1cnn(CCN2CCOCC2)c1)C1CC12CCNCC2. The number of hydrogen-bond acceptors (Lipinski definition) is 5. The van der Waals surface area contributed by atoms with E-state index in [1.807, 2.05) is 10.9 Å². The number of carbonyl (C=O) groups is 1. The molecular weight excluding hydrogens is 306 g/mol. The van der Waals surface area contributed by atoms with Crippen LogP contribution in [0.5, 0.6) is 0 Å². The molecule has 2 N–H and O–H groups in total. The maximum absolute atomic E-state index is 12.5. The number of carbonyl (C=O) groups excluding carboxylic acids is 1. The zero-order valence-electron chi connectivity index (χ0n) is 14.2. The standard InChI is InChI=1S/C17H27N5O2/c23-16(15-11-17(15)1-3-18-4-2-17)20-14-12-19-22(13-14)6-5-21-7-9-24-10-8-21/h12-13,15,18H,1-11H2,(H,20,23). The third-order valence-corrected chi connectivity index (χ3v) is 5.76. The van der Waals surface area contributed by atoms with E-state index in [2.05, 4.69) is 20.6 Å². The van der Waals surface area contributed by atoms with E-state index in [1.54, 1.807) is 6.20 Å². The fourth-order valence-electron chi connectivity index (χ4n) is 4.04. The van der Waals surface area contributed by atoms with E-state index in [1.165, 1.54) is 0 Å². The number of hydrogen-bond donors (Lipinski definition) is 2. The third kappa shape index (κ3) is 3.48. The monoisotopic (exact) mass is 333 g/mol. The molecule has 132 valence electrons. The van der Waals surface area contributed by atoms with Crippen molar-refractivity contribution >= 4 is 11.6 Å². The molecule has 0 aromatic carbocycles. The predicted octanol–water partition coefficient (Wildman–Crippen LogP) is 0.544. The minimum Gasteiger partial charge on any atom is -0.379 e. The Kier molecular flexibility index (Phi) is 4.56. The first kappa shape index (κ1) is 16.1. The second kappa shape index (κ2) is 6.82. The van der Waals surface area contributed by atoms with E-state index in [4.69, 9.17) is 4.74 Å². The van der Waals surface area contributed by atoms with Gasteiger partial charge >= 0.3 is 0 Å². The van der Waals surface area contributed by atoms with E-state index in [-0.39, 0.29) is 17.2 Å². The third-order valence-electron chi connectivity index (χ3n) is 5.76. The lowest BCUT2D eigenvalue weighted by molar-refractivity contribution is -0.118. The molecule has 7 nitrogen and oxygen atoms in total. The topological polar surface area (TPSA) is 71.4 Å². The summed E-state index contributed by atoms with van der Waals surface area (Å²) in [5.74, 6) is 0.362. The van der Waals surface area contributed by atoms with Crippen LogP contribution in [0.4, 0.5) is 5.69 Å². The number of nitrogens with one attached hydrogen (secondary N) is 2. The second-order valence-corrected chi connectivity index (χ2v) is 7.30. The summed E-state index contributed by atoms with van der Waals surface area (Å²) in [7, 11) is 0. The lowest BCUT2D eigenvalue weighted by Gasteiger charge is -2.26. The number of amides is 1. The molecule has 2 aliphatic heterocycles. The molecule has 0 radical (unpaired) electrons. The first-order valence-corrected chi connectivity index (χ1v) is 9.09. The summed E-state index contributed by atoms with van der Waals surface area (Å²) >= 11 is 0. The smallest absolute Gasteiger partial charge is 0.228 e. The molecule has 3 fully saturated rings. The van der Waals surface area contributed by atoms with Crippen molar-refractivity contribution in [3.05, 3.63) is 12.4 Å². The van der Waals surface area contributed by atoms with Crippen molar-refractivity contribution in [1.82, 2.24) is 20.0 Å². The number of ether oxygens (including phenoxy) is 1. The van der Waals surface area contributed by atoms with E-state index in [0.29, 0.717) is 0 Å². The van der Waals surface area contributed by atoms with Gasteiger partial charge in [-0.3, -0.25) is 14.4 Å². The zero-order chi connectivity index (χ0) is 16.4. The molecular formula is C17H27N5O2. The Morgan fingerprint density at radius 1 is 1.33 bits per heavy atom. The average molecular weight is 333 g/mol. The summed E-state index contributed by atoms with van der Waals surface area (Å²) in [5, 5.41) is 10.8. The Bertz CT molecular complexity index is 575. The number of nitrogens with zero attached hydrogens (tertiary/aromatic N) is 3. The lowest BCUT2D eigenvalue weighted by atomic mass is 9.92. The zero-order valence-corrected chi connectivity index (χ0v) is 14.2. The van der Waals surface area contributed by atoms with Crippen LogP contribution in [0.15, 0.2) is 12.4 Å². The van der Waals surface area contributed by atoms with Crippen molar-refractivity contribution in [1.29, 1.82) is 0 Å². The number of rotatable bonds is 5. The van der Waals surface area contributed by atoms with E-state index in [0.717, 1.165) is 77.4 Å². The Morgan fingerprint density at radius 3 is 2.92 bits per heavy atom. The van der Waals surface area contributed by atoms with Crippen LogP contribution in [0.25, 0.3) is 0 Å². The number of morpholine rings is 1. The number of piperidine rings is 1. The second-order valence-electron chi connectivity index (χ2n) is 7.30. The Labute approximate surface area is 142 Å². The normalized spacial score (nSPS) is 26.4. The molecule has 1 aromatic heterocycles. The van der Waals surface area contributed by atoms with Gasteiger partial charge in [0.25, 0.3) is 0 Å². The van der Waals surface area contributed by atoms with Gasteiger partial charge in [0.1, 0.15) is 0 Å². The highest BCUT2D eigenvalue weighted by molar-refractivity contribution is 5.94. The predicted molar refractivity (Wildman–Crippen MR) is 90.8 cm³/mol. The van der Waals surface area contributed by atoms with Gasteiger partial charge in [0.2, 0.25) is 5.91 Å². The molecule has 1 aliphatic carbocycles. The van der Waals surface area contributed by atoms with Crippen molar-refractivity contribution in [2.75, 3.05) is 51.3 Å². The van der Waals surface area contributed by atoms with Crippen molar-refractivity contribution in [3.63, 3.8) is 0 Å². The molecule has 1 amide bonds. The molecule has 2 saturated heterocycles. The maximum Gasteiger partial charge on any atom is 0.228 e. The van der Waals surface area contributed by atoms with Crippen molar-refractivity contribution < 1.29 is 9.53 Å². The lowest BCUT2D eigenvalue weighted by Crippen LogP contribution is -2.38. The van der Waals surface area contributed by atoms with Gasteiger partial charge in [-0.2, -0.15) is 5.10 Å². The average Bonchev–Trinajstić information content (AvgIpc) is 3.12. The van der Waals surface area contributed by atoms with Gasteiger partial charge in [-0.15, -0.1) is 0 Å². The first-order valence-electron chi connectivity index (χ1n) is 9.09. The minimum absolute atomic E-state index is 0.171. The summed E-state index contributed by atoms with van der Waals surface area (Å²) < 4.78 is 7.27. The van der Waals surface area contributed by atoms with Crippen LogP contribution in [-0.4, -0.2) is 66.5 Å². The molecule has 1 spiro atoms. The van der Waals surface area contributed by atoms with Gasteiger partial charge in [0.15, 0.2) is 0 Å². The summed E-state index contributed by atoms with van der Waals surface area (Å²) in [6.45, 7) is 7.52. The molecule has 1 aromatic rings. The van der Waals surface area contributed by atoms with Gasteiger partial charge in [0.05, 0.1) is 31.6 Å². The van der Waals surface area contributed by atoms with Gasteiger partial charge in [-0.25, -0.2) is 0 Å². The Morgan fingerprint density at radius 2 is 2.12 bits per heavy atom. The van der Waals surface area contributed by atoms with E-state index in [9.17, 15) is 4.79 Å². The number of anilines is 1. The molecule has 4 rings (SSSR count). The van der Waals surface area contributed by atoms with Crippen LogP contribution < -0.4 is 10.6 Å².